The second kappa shape index (κ2) is 10.2. The number of non-ortho nitro benzene ring substituents is 1. The van der Waals surface area contributed by atoms with E-state index in [1.807, 2.05) is 59.5 Å². The summed E-state index contributed by atoms with van der Waals surface area (Å²) in [4.78, 5) is 30.6. The Hall–Kier alpha value is -4.24. The number of benzene rings is 3. The molecular weight excluding hydrogens is 460 g/mol. The molecule has 2 heterocycles. The smallest absolute Gasteiger partial charge is 0.294 e. The second-order valence-corrected chi connectivity index (χ2v) is 8.83. The first-order valence-electron chi connectivity index (χ1n) is 11.9. The number of nitro benzene ring substituents is 1. The van der Waals surface area contributed by atoms with Crippen LogP contribution in [0.5, 0.6) is 5.75 Å². The quantitative estimate of drug-likeness (QED) is 0.296. The zero-order valence-electron chi connectivity index (χ0n) is 19.6. The van der Waals surface area contributed by atoms with Gasteiger partial charge in [-0.3, -0.25) is 14.9 Å². The van der Waals surface area contributed by atoms with Crippen LogP contribution in [0.15, 0.2) is 77.6 Å². The molecule has 5 rings (SSSR count). The molecule has 0 spiro atoms. The molecule has 3 aromatic carbocycles. The fourth-order valence-electron chi connectivity index (χ4n) is 4.47. The van der Waals surface area contributed by atoms with Gasteiger partial charge in [0.1, 0.15) is 18.5 Å². The lowest BCUT2D eigenvalue weighted by Crippen LogP contribution is -2.35. The summed E-state index contributed by atoms with van der Waals surface area (Å²) in [6, 6.07) is 21.8. The van der Waals surface area contributed by atoms with E-state index in [0.29, 0.717) is 22.6 Å². The average Bonchev–Trinajstić information content (AvgIpc) is 3.44. The van der Waals surface area contributed by atoms with E-state index < -0.39 is 11.0 Å². The monoisotopic (exact) mass is 486 g/mol. The van der Waals surface area contributed by atoms with Crippen molar-refractivity contribution < 1.29 is 14.8 Å². The van der Waals surface area contributed by atoms with E-state index in [1.54, 1.807) is 6.07 Å². The first-order valence-corrected chi connectivity index (χ1v) is 11.9. The van der Waals surface area contributed by atoms with Crippen LogP contribution in [0.4, 0.5) is 11.5 Å². The SMILES string of the molecule is O=c1c(N2CCCC2)nc2ccc([N+](=O)[O-])cc2n1C[C@H](O)COc1ccc(-c2ccccc2)cc1. The first kappa shape index (κ1) is 23.5. The maximum absolute atomic E-state index is 13.4. The van der Waals surface area contributed by atoms with E-state index in [9.17, 15) is 20.0 Å². The molecule has 184 valence electrons. The van der Waals surface area contributed by atoms with Gasteiger partial charge in [-0.15, -0.1) is 0 Å². The van der Waals surface area contributed by atoms with Gasteiger partial charge in [0.2, 0.25) is 0 Å². The Morgan fingerprint density at radius 1 is 1.00 bits per heavy atom. The minimum Gasteiger partial charge on any atom is -0.491 e. The fourth-order valence-corrected chi connectivity index (χ4v) is 4.47. The minimum atomic E-state index is -1.02. The van der Waals surface area contributed by atoms with Gasteiger partial charge in [-0.1, -0.05) is 42.5 Å². The van der Waals surface area contributed by atoms with E-state index >= 15 is 0 Å². The summed E-state index contributed by atoms with van der Waals surface area (Å²) in [7, 11) is 0. The number of rotatable bonds is 8. The van der Waals surface area contributed by atoms with Crippen molar-refractivity contribution >= 4 is 22.5 Å². The van der Waals surface area contributed by atoms with Crippen LogP contribution in [-0.2, 0) is 6.54 Å². The molecule has 9 nitrogen and oxygen atoms in total. The highest BCUT2D eigenvalue weighted by Gasteiger charge is 2.22. The van der Waals surface area contributed by atoms with Crippen molar-refractivity contribution in [1.29, 1.82) is 0 Å². The highest BCUT2D eigenvalue weighted by atomic mass is 16.6. The third-order valence-corrected chi connectivity index (χ3v) is 6.33. The lowest BCUT2D eigenvalue weighted by molar-refractivity contribution is -0.384. The van der Waals surface area contributed by atoms with Gasteiger partial charge >= 0.3 is 0 Å². The van der Waals surface area contributed by atoms with Crippen molar-refractivity contribution in [2.24, 2.45) is 0 Å². The molecule has 1 aromatic heterocycles. The molecule has 0 saturated carbocycles. The lowest BCUT2D eigenvalue weighted by atomic mass is 10.1. The van der Waals surface area contributed by atoms with Gasteiger partial charge in [-0.25, -0.2) is 4.98 Å². The number of nitro groups is 1. The molecule has 1 aliphatic heterocycles. The third kappa shape index (κ3) is 4.92. The van der Waals surface area contributed by atoms with Gasteiger partial charge in [0, 0.05) is 25.2 Å². The van der Waals surface area contributed by atoms with Crippen molar-refractivity contribution in [2.45, 2.75) is 25.5 Å². The maximum atomic E-state index is 13.4. The van der Waals surface area contributed by atoms with E-state index in [2.05, 4.69) is 4.98 Å². The summed E-state index contributed by atoms with van der Waals surface area (Å²) in [5.74, 6) is 0.896. The van der Waals surface area contributed by atoms with E-state index in [4.69, 9.17) is 4.74 Å². The minimum absolute atomic E-state index is 0.0467. The topological polar surface area (TPSA) is 111 Å². The Balaban J connectivity index is 1.37. The predicted molar refractivity (Wildman–Crippen MR) is 137 cm³/mol. The van der Waals surface area contributed by atoms with Crippen LogP contribution in [0.25, 0.3) is 22.2 Å². The molecule has 1 saturated heterocycles. The normalized spacial score (nSPS) is 14.2. The van der Waals surface area contributed by atoms with E-state index in [1.165, 1.54) is 16.7 Å². The van der Waals surface area contributed by atoms with Crippen LogP contribution >= 0.6 is 0 Å². The number of nitrogens with zero attached hydrogens (tertiary/aromatic N) is 4. The molecule has 36 heavy (non-hydrogen) atoms. The lowest BCUT2D eigenvalue weighted by Gasteiger charge is -2.20. The summed E-state index contributed by atoms with van der Waals surface area (Å²) < 4.78 is 7.15. The summed E-state index contributed by atoms with van der Waals surface area (Å²) in [6.45, 7) is 1.33. The van der Waals surface area contributed by atoms with Crippen LogP contribution in [-0.4, -0.2) is 45.4 Å². The molecule has 0 radical (unpaired) electrons. The summed E-state index contributed by atoms with van der Waals surface area (Å²) in [5, 5.41) is 22.1. The number of anilines is 1. The second-order valence-electron chi connectivity index (χ2n) is 8.83. The zero-order chi connectivity index (χ0) is 25.1. The number of aliphatic hydroxyl groups excluding tert-OH is 1. The third-order valence-electron chi connectivity index (χ3n) is 6.33. The Morgan fingerprint density at radius 3 is 2.39 bits per heavy atom. The van der Waals surface area contributed by atoms with Crippen LogP contribution in [0.3, 0.4) is 0 Å². The van der Waals surface area contributed by atoms with Crippen LogP contribution in [0.2, 0.25) is 0 Å². The Labute approximate surface area is 207 Å². The predicted octanol–water partition coefficient (Wildman–Crippen LogP) is 4.01. The molecule has 0 bridgehead atoms. The van der Waals surface area contributed by atoms with Crippen LogP contribution in [0.1, 0.15) is 12.8 Å². The van der Waals surface area contributed by atoms with Gasteiger partial charge < -0.3 is 19.3 Å². The average molecular weight is 487 g/mol. The molecule has 1 atom stereocenters. The van der Waals surface area contributed by atoms with Crippen molar-refractivity contribution in [1.82, 2.24) is 9.55 Å². The molecule has 1 aliphatic rings. The first-order chi connectivity index (χ1) is 17.5. The number of aromatic nitrogens is 2. The number of fused-ring (bicyclic) bond motifs is 1. The Bertz CT molecular complexity index is 1430. The van der Waals surface area contributed by atoms with Crippen molar-refractivity contribution in [3.63, 3.8) is 0 Å². The number of aliphatic hydroxyl groups is 1. The molecule has 4 aromatic rings. The van der Waals surface area contributed by atoms with Crippen molar-refractivity contribution in [2.75, 3.05) is 24.6 Å². The molecule has 9 heteroatoms. The zero-order valence-corrected chi connectivity index (χ0v) is 19.6. The van der Waals surface area contributed by atoms with Gasteiger partial charge in [0.25, 0.3) is 11.2 Å². The fraction of sp³-hybridized carbons (Fsp3) is 0.259. The Morgan fingerprint density at radius 2 is 1.69 bits per heavy atom. The van der Waals surface area contributed by atoms with Crippen molar-refractivity contribution in [3.8, 4) is 16.9 Å². The highest BCUT2D eigenvalue weighted by Crippen LogP contribution is 2.24. The molecule has 0 unspecified atom stereocenters. The summed E-state index contributed by atoms with van der Waals surface area (Å²) in [5.41, 5.74) is 2.40. The van der Waals surface area contributed by atoms with Gasteiger partial charge in [0.15, 0.2) is 5.82 Å². The van der Waals surface area contributed by atoms with Crippen molar-refractivity contribution in [3.05, 3.63) is 93.3 Å². The molecule has 0 amide bonds. The van der Waals surface area contributed by atoms with E-state index in [0.717, 1.165) is 37.1 Å². The number of hydrogen-bond acceptors (Lipinski definition) is 7. The molecule has 1 fully saturated rings. The highest BCUT2D eigenvalue weighted by molar-refractivity contribution is 5.79. The number of hydrogen-bond donors (Lipinski definition) is 1. The van der Waals surface area contributed by atoms with E-state index in [-0.39, 0.29) is 24.4 Å². The molecular formula is C27H26N4O5. The molecule has 0 aliphatic carbocycles. The van der Waals surface area contributed by atoms with Crippen LogP contribution in [0, 0.1) is 10.1 Å². The van der Waals surface area contributed by atoms with Gasteiger partial charge in [-0.05, 0) is 42.2 Å². The van der Waals surface area contributed by atoms with Crippen LogP contribution < -0.4 is 15.2 Å². The maximum Gasteiger partial charge on any atom is 0.294 e. The summed E-state index contributed by atoms with van der Waals surface area (Å²) in [6.07, 6.45) is 0.922. The Kier molecular flexibility index (Phi) is 6.64. The standard InChI is InChI=1S/C27H26N4O5/c32-22(18-36-23-11-8-20(9-12-23)19-6-2-1-3-7-19)17-30-25-16-21(31(34)35)10-13-24(25)28-26(27(30)33)29-14-4-5-15-29/h1-3,6-13,16,22,32H,4-5,14-15,17-18H2/t22-/m0/s1. The largest absolute Gasteiger partial charge is 0.491 e. The number of ether oxygens (including phenoxy) is 1. The summed E-state index contributed by atoms with van der Waals surface area (Å²) >= 11 is 0. The van der Waals surface area contributed by atoms with Gasteiger partial charge in [0.05, 0.1) is 22.5 Å². The molecule has 1 N–H and O–H groups in total. The van der Waals surface area contributed by atoms with Gasteiger partial charge in [-0.2, -0.15) is 0 Å².